The highest BCUT2D eigenvalue weighted by Gasteiger charge is 2.22. The number of aromatic nitrogens is 4. The number of rotatable bonds is 4. The zero-order valence-corrected chi connectivity index (χ0v) is 13.2. The second kappa shape index (κ2) is 6.38. The van der Waals surface area contributed by atoms with Gasteiger partial charge in [-0.05, 0) is 12.1 Å². The Morgan fingerprint density at radius 2 is 1.88 bits per heavy atom. The number of hydrogen-bond donors (Lipinski definition) is 2. The van der Waals surface area contributed by atoms with Gasteiger partial charge >= 0.3 is 0 Å². The van der Waals surface area contributed by atoms with E-state index in [1.54, 1.807) is 19.4 Å². The summed E-state index contributed by atoms with van der Waals surface area (Å²) in [7, 11) is 1.75. The molecule has 0 unspecified atom stereocenters. The van der Waals surface area contributed by atoms with Crippen LogP contribution in [0.3, 0.4) is 0 Å². The fourth-order valence-corrected chi connectivity index (χ4v) is 2.59. The Morgan fingerprint density at radius 1 is 1.08 bits per heavy atom. The van der Waals surface area contributed by atoms with Crippen molar-refractivity contribution in [2.45, 2.75) is 0 Å². The van der Waals surface area contributed by atoms with Crippen LogP contribution in [-0.2, 0) is 4.74 Å². The van der Waals surface area contributed by atoms with E-state index < -0.39 is 0 Å². The molecule has 4 rings (SSSR count). The molecule has 0 aliphatic carbocycles. The molecular formula is C15H17N7O2. The zero-order chi connectivity index (χ0) is 16.4. The van der Waals surface area contributed by atoms with Crippen LogP contribution in [0.25, 0.3) is 22.7 Å². The van der Waals surface area contributed by atoms with E-state index in [-0.39, 0.29) is 0 Å². The van der Waals surface area contributed by atoms with Gasteiger partial charge in [0, 0.05) is 38.1 Å². The Kier molecular flexibility index (Phi) is 3.93. The van der Waals surface area contributed by atoms with Crippen molar-refractivity contribution >= 4 is 23.0 Å². The van der Waals surface area contributed by atoms with Crippen molar-refractivity contribution in [3.8, 4) is 11.5 Å². The molecule has 1 aliphatic rings. The van der Waals surface area contributed by atoms with Crippen LogP contribution < -0.4 is 15.8 Å². The number of hydrogen-bond acceptors (Lipinski definition) is 9. The first-order chi connectivity index (χ1) is 11.8. The van der Waals surface area contributed by atoms with E-state index in [2.05, 4.69) is 35.7 Å². The van der Waals surface area contributed by atoms with E-state index in [0.717, 1.165) is 24.5 Å². The maximum Gasteiger partial charge on any atom is 0.254 e. The van der Waals surface area contributed by atoms with E-state index in [1.165, 1.54) is 0 Å². The van der Waals surface area contributed by atoms with Crippen molar-refractivity contribution in [3.05, 3.63) is 24.5 Å². The van der Waals surface area contributed by atoms with Crippen molar-refractivity contribution in [3.63, 3.8) is 0 Å². The van der Waals surface area contributed by atoms with Crippen LogP contribution in [0.5, 0.6) is 0 Å². The Labute approximate surface area is 138 Å². The van der Waals surface area contributed by atoms with Gasteiger partial charge < -0.3 is 14.1 Å². The van der Waals surface area contributed by atoms with Gasteiger partial charge in [-0.15, -0.1) is 0 Å². The third-order valence-electron chi connectivity index (χ3n) is 3.72. The predicted octanol–water partition coefficient (Wildman–Crippen LogP) is 1.06. The Morgan fingerprint density at radius 3 is 2.62 bits per heavy atom. The minimum Gasteiger partial charge on any atom is -0.417 e. The monoisotopic (exact) mass is 327 g/mol. The molecule has 24 heavy (non-hydrogen) atoms. The van der Waals surface area contributed by atoms with Crippen LogP contribution in [0.1, 0.15) is 0 Å². The highest BCUT2D eigenvalue weighted by atomic mass is 16.5. The van der Waals surface area contributed by atoms with Crippen molar-refractivity contribution in [2.24, 2.45) is 0 Å². The summed E-state index contributed by atoms with van der Waals surface area (Å²) in [5.74, 6) is 1.67. The largest absolute Gasteiger partial charge is 0.417 e. The van der Waals surface area contributed by atoms with Crippen molar-refractivity contribution in [2.75, 3.05) is 43.7 Å². The number of oxazole rings is 1. The van der Waals surface area contributed by atoms with Gasteiger partial charge in [0.2, 0.25) is 11.8 Å². The topological polar surface area (TPSA) is 101 Å². The molecule has 0 saturated carbocycles. The number of ether oxygens (including phenoxy) is 1. The van der Waals surface area contributed by atoms with Gasteiger partial charge in [-0.2, -0.15) is 9.97 Å². The summed E-state index contributed by atoms with van der Waals surface area (Å²) >= 11 is 0. The standard InChI is InChI=1S/C15H17N7O2/c1-16-21-15-19-12(22-6-8-23-9-7-22)11-14(20-15)24-13(18-11)10-2-4-17-5-3-10/h2-5,16H,6-9H2,1H3,(H,19,20,21). The number of hydrazine groups is 1. The number of nitrogens with one attached hydrogen (secondary N) is 2. The third kappa shape index (κ3) is 2.74. The lowest BCUT2D eigenvalue weighted by Crippen LogP contribution is -2.37. The first-order valence-corrected chi connectivity index (χ1v) is 7.69. The summed E-state index contributed by atoms with van der Waals surface area (Å²) in [6, 6.07) is 3.69. The molecule has 1 fully saturated rings. The lowest BCUT2D eigenvalue weighted by atomic mass is 10.3. The molecule has 0 spiro atoms. The first kappa shape index (κ1) is 14.8. The van der Waals surface area contributed by atoms with Gasteiger partial charge in [0.05, 0.1) is 13.2 Å². The van der Waals surface area contributed by atoms with E-state index in [4.69, 9.17) is 9.15 Å². The molecular weight excluding hydrogens is 310 g/mol. The molecule has 4 heterocycles. The van der Waals surface area contributed by atoms with E-state index in [1.807, 2.05) is 12.1 Å². The van der Waals surface area contributed by atoms with Gasteiger partial charge in [0.25, 0.3) is 5.71 Å². The second-order valence-corrected chi connectivity index (χ2v) is 5.25. The van der Waals surface area contributed by atoms with Gasteiger partial charge in [-0.1, -0.05) is 0 Å². The molecule has 0 atom stereocenters. The summed E-state index contributed by atoms with van der Waals surface area (Å²) in [6.45, 7) is 2.83. The van der Waals surface area contributed by atoms with Gasteiger partial charge in [0.15, 0.2) is 11.3 Å². The van der Waals surface area contributed by atoms with Crippen LogP contribution >= 0.6 is 0 Å². The van der Waals surface area contributed by atoms with Crippen LogP contribution in [0.4, 0.5) is 11.8 Å². The highest BCUT2D eigenvalue weighted by Crippen LogP contribution is 2.29. The number of nitrogens with zero attached hydrogens (tertiary/aromatic N) is 5. The minimum atomic E-state index is 0.434. The van der Waals surface area contributed by atoms with Crippen LogP contribution in [0.15, 0.2) is 28.9 Å². The number of morpholine rings is 1. The van der Waals surface area contributed by atoms with Crippen molar-refractivity contribution in [1.29, 1.82) is 0 Å². The fourth-order valence-electron chi connectivity index (χ4n) is 2.59. The summed E-state index contributed by atoms with van der Waals surface area (Å²) < 4.78 is 11.3. The summed E-state index contributed by atoms with van der Waals surface area (Å²) in [6.07, 6.45) is 3.40. The van der Waals surface area contributed by atoms with E-state index in [9.17, 15) is 0 Å². The normalized spacial score (nSPS) is 15.0. The van der Waals surface area contributed by atoms with E-state index in [0.29, 0.717) is 36.3 Å². The first-order valence-electron chi connectivity index (χ1n) is 7.69. The number of fused-ring (bicyclic) bond motifs is 1. The van der Waals surface area contributed by atoms with Crippen LogP contribution in [-0.4, -0.2) is 53.3 Å². The molecule has 0 amide bonds. The minimum absolute atomic E-state index is 0.434. The molecule has 1 aliphatic heterocycles. The molecule has 9 nitrogen and oxygen atoms in total. The molecule has 9 heteroatoms. The molecule has 1 saturated heterocycles. The molecule has 2 N–H and O–H groups in total. The Bertz CT molecular complexity index is 830. The van der Waals surface area contributed by atoms with Gasteiger partial charge in [0.1, 0.15) is 0 Å². The van der Waals surface area contributed by atoms with Crippen LogP contribution in [0, 0.1) is 0 Å². The highest BCUT2D eigenvalue weighted by molar-refractivity contribution is 5.85. The summed E-state index contributed by atoms with van der Waals surface area (Å²) in [4.78, 5) is 19.7. The quantitative estimate of drug-likeness (QED) is 0.681. The van der Waals surface area contributed by atoms with Gasteiger partial charge in [-0.3, -0.25) is 10.4 Å². The van der Waals surface area contributed by atoms with Crippen molar-refractivity contribution in [1.82, 2.24) is 25.4 Å². The molecule has 0 aromatic carbocycles. The molecule has 0 bridgehead atoms. The summed E-state index contributed by atoms with van der Waals surface area (Å²) in [5.41, 5.74) is 7.66. The maximum atomic E-state index is 5.86. The SMILES string of the molecule is CNNc1nc(N2CCOCC2)c2nc(-c3ccncc3)oc2n1. The maximum absolute atomic E-state index is 5.86. The molecule has 124 valence electrons. The second-order valence-electron chi connectivity index (χ2n) is 5.25. The number of anilines is 2. The average molecular weight is 327 g/mol. The fraction of sp³-hybridized carbons (Fsp3) is 0.333. The molecule has 0 radical (unpaired) electrons. The predicted molar refractivity (Wildman–Crippen MR) is 88.5 cm³/mol. The van der Waals surface area contributed by atoms with Crippen molar-refractivity contribution < 1.29 is 9.15 Å². The number of pyridine rings is 1. The Balaban J connectivity index is 1.83. The lowest BCUT2D eigenvalue weighted by molar-refractivity contribution is 0.122. The smallest absolute Gasteiger partial charge is 0.254 e. The lowest BCUT2D eigenvalue weighted by Gasteiger charge is -2.27. The zero-order valence-electron chi connectivity index (χ0n) is 13.2. The van der Waals surface area contributed by atoms with E-state index >= 15 is 0 Å². The molecule has 3 aromatic heterocycles. The average Bonchev–Trinajstić information content (AvgIpc) is 3.07. The third-order valence-corrected chi connectivity index (χ3v) is 3.72. The van der Waals surface area contributed by atoms with Crippen LogP contribution in [0.2, 0.25) is 0 Å². The molecule has 3 aromatic rings. The Hall–Kier alpha value is -2.78. The van der Waals surface area contributed by atoms with Gasteiger partial charge in [-0.25, -0.2) is 10.4 Å². The summed E-state index contributed by atoms with van der Waals surface area (Å²) in [5, 5.41) is 0.